The minimum absolute atomic E-state index is 0.0636. The quantitative estimate of drug-likeness (QED) is 0.821. The summed E-state index contributed by atoms with van der Waals surface area (Å²) in [6.45, 7) is 8.72. The number of nitrogens with one attached hydrogen (secondary N) is 1. The summed E-state index contributed by atoms with van der Waals surface area (Å²) in [6, 6.07) is 5.98. The van der Waals surface area contributed by atoms with Crippen molar-refractivity contribution in [3.63, 3.8) is 0 Å². The molecule has 1 amide bonds. The van der Waals surface area contributed by atoms with Crippen molar-refractivity contribution in [2.75, 3.05) is 6.54 Å². The predicted octanol–water partition coefficient (Wildman–Crippen LogP) is 3.71. The van der Waals surface area contributed by atoms with E-state index in [9.17, 15) is 9.18 Å². The predicted molar refractivity (Wildman–Crippen MR) is 91.4 cm³/mol. The van der Waals surface area contributed by atoms with Crippen LogP contribution in [0, 0.1) is 12.7 Å². The van der Waals surface area contributed by atoms with E-state index in [2.05, 4.69) is 31.1 Å². The van der Waals surface area contributed by atoms with E-state index >= 15 is 0 Å². The van der Waals surface area contributed by atoms with Gasteiger partial charge in [0, 0.05) is 18.4 Å². The second-order valence-electron chi connectivity index (χ2n) is 7.03. The average molecular weight is 332 g/mol. The van der Waals surface area contributed by atoms with Crippen LogP contribution in [0.15, 0.2) is 28.7 Å². The Morgan fingerprint density at radius 1 is 1.25 bits per heavy atom. The van der Waals surface area contributed by atoms with Gasteiger partial charge in [0.25, 0.3) is 0 Å². The fraction of sp³-hybridized carbons (Fsp3) is 0.474. The van der Waals surface area contributed by atoms with Gasteiger partial charge < -0.3 is 9.73 Å². The molecule has 1 aromatic carbocycles. The number of aryl methyl sites for hydroxylation is 2. The molecule has 5 heteroatoms. The molecule has 0 aliphatic heterocycles. The van der Waals surface area contributed by atoms with Crippen LogP contribution in [-0.4, -0.2) is 17.4 Å². The van der Waals surface area contributed by atoms with Crippen molar-refractivity contribution in [3.8, 4) is 0 Å². The Labute approximate surface area is 142 Å². The van der Waals surface area contributed by atoms with Crippen molar-refractivity contribution in [2.24, 2.45) is 0 Å². The van der Waals surface area contributed by atoms with E-state index in [1.54, 1.807) is 12.1 Å². The molecule has 1 heterocycles. The van der Waals surface area contributed by atoms with E-state index in [4.69, 9.17) is 4.42 Å². The Balaban J connectivity index is 1.75. The van der Waals surface area contributed by atoms with Gasteiger partial charge in [-0.05, 0) is 31.0 Å². The maximum absolute atomic E-state index is 12.8. The second-order valence-corrected chi connectivity index (χ2v) is 7.03. The van der Waals surface area contributed by atoms with Gasteiger partial charge in [-0.25, -0.2) is 9.37 Å². The van der Waals surface area contributed by atoms with Crippen molar-refractivity contribution < 1.29 is 13.6 Å². The molecule has 1 aromatic heterocycles. The van der Waals surface area contributed by atoms with Gasteiger partial charge in [-0.1, -0.05) is 32.9 Å². The standard InChI is InChI=1S/C19H25FN2O2/c1-13-16(24-18(22-13)19(2,3)4)6-5-11-21-17(23)12-14-7-9-15(20)10-8-14/h7-10H,5-6,11-12H2,1-4H3,(H,21,23). The molecular weight excluding hydrogens is 307 g/mol. The Morgan fingerprint density at radius 2 is 1.92 bits per heavy atom. The van der Waals surface area contributed by atoms with Crippen LogP contribution in [0.4, 0.5) is 4.39 Å². The largest absolute Gasteiger partial charge is 0.445 e. The van der Waals surface area contributed by atoms with Gasteiger partial charge in [0.15, 0.2) is 5.89 Å². The third-order valence-corrected chi connectivity index (χ3v) is 3.71. The maximum Gasteiger partial charge on any atom is 0.224 e. The number of carbonyl (C=O) groups is 1. The van der Waals surface area contributed by atoms with Gasteiger partial charge in [0.05, 0.1) is 12.1 Å². The van der Waals surface area contributed by atoms with Gasteiger partial charge >= 0.3 is 0 Å². The number of aromatic nitrogens is 1. The van der Waals surface area contributed by atoms with Crippen molar-refractivity contribution >= 4 is 5.91 Å². The molecule has 0 fully saturated rings. The summed E-state index contributed by atoms with van der Waals surface area (Å²) in [5, 5.41) is 2.88. The van der Waals surface area contributed by atoms with Gasteiger partial charge in [0.1, 0.15) is 11.6 Å². The van der Waals surface area contributed by atoms with Crippen molar-refractivity contribution in [1.29, 1.82) is 0 Å². The van der Waals surface area contributed by atoms with Crippen LogP contribution in [-0.2, 0) is 23.1 Å². The van der Waals surface area contributed by atoms with Crippen LogP contribution in [0.25, 0.3) is 0 Å². The summed E-state index contributed by atoms with van der Waals surface area (Å²) in [6.07, 6.45) is 1.79. The zero-order chi connectivity index (χ0) is 17.7. The second kappa shape index (κ2) is 7.60. The lowest BCUT2D eigenvalue weighted by molar-refractivity contribution is -0.120. The molecule has 130 valence electrons. The van der Waals surface area contributed by atoms with Crippen LogP contribution in [0.3, 0.4) is 0 Å². The number of hydrogen-bond acceptors (Lipinski definition) is 3. The van der Waals surface area contributed by atoms with E-state index in [1.807, 2.05) is 6.92 Å². The van der Waals surface area contributed by atoms with Gasteiger partial charge in [-0.15, -0.1) is 0 Å². The van der Waals surface area contributed by atoms with Crippen LogP contribution >= 0.6 is 0 Å². The number of rotatable bonds is 6. The molecule has 0 aliphatic carbocycles. The molecule has 0 bridgehead atoms. The summed E-state index contributed by atoms with van der Waals surface area (Å²) < 4.78 is 18.7. The Hall–Kier alpha value is -2.17. The minimum Gasteiger partial charge on any atom is -0.445 e. The zero-order valence-electron chi connectivity index (χ0n) is 14.8. The van der Waals surface area contributed by atoms with Crippen molar-refractivity contribution in [3.05, 3.63) is 53.0 Å². The molecule has 24 heavy (non-hydrogen) atoms. The molecule has 0 saturated heterocycles. The molecule has 0 radical (unpaired) electrons. The van der Waals surface area contributed by atoms with Crippen LogP contribution in [0.1, 0.15) is 50.1 Å². The normalized spacial score (nSPS) is 11.5. The highest BCUT2D eigenvalue weighted by Gasteiger charge is 2.21. The van der Waals surface area contributed by atoms with Crippen molar-refractivity contribution in [1.82, 2.24) is 10.3 Å². The molecule has 4 nitrogen and oxygen atoms in total. The molecule has 0 aliphatic rings. The number of halogens is 1. The molecule has 0 spiro atoms. The first-order valence-electron chi connectivity index (χ1n) is 8.23. The molecule has 1 N–H and O–H groups in total. The molecule has 0 unspecified atom stereocenters. The third kappa shape index (κ3) is 5.18. The lowest BCUT2D eigenvalue weighted by Crippen LogP contribution is -2.26. The molecule has 0 atom stereocenters. The highest BCUT2D eigenvalue weighted by Crippen LogP contribution is 2.24. The van der Waals surface area contributed by atoms with Crippen LogP contribution < -0.4 is 5.32 Å². The van der Waals surface area contributed by atoms with E-state index in [0.717, 1.165) is 35.7 Å². The summed E-state index contributed by atoms with van der Waals surface area (Å²) in [5.74, 6) is 1.27. The molecular formula is C19H25FN2O2. The fourth-order valence-electron chi connectivity index (χ4n) is 2.31. The molecule has 2 rings (SSSR count). The maximum atomic E-state index is 12.8. The van der Waals surface area contributed by atoms with E-state index in [1.165, 1.54) is 12.1 Å². The number of oxazole rings is 1. The van der Waals surface area contributed by atoms with Crippen molar-refractivity contribution in [2.45, 2.75) is 52.4 Å². The number of nitrogens with zero attached hydrogens (tertiary/aromatic N) is 1. The average Bonchev–Trinajstić information content (AvgIpc) is 2.87. The number of hydrogen-bond donors (Lipinski definition) is 1. The number of benzene rings is 1. The zero-order valence-corrected chi connectivity index (χ0v) is 14.8. The van der Waals surface area contributed by atoms with E-state index < -0.39 is 0 Å². The summed E-state index contributed by atoms with van der Waals surface area (Å²) in [7, 11) is 0. The topological polar surface area (TPSA) is 55.1 Å². The van der Waals surface area contributed by atoms with E-state index in [0.29, 0.717) is 6.54 Å². The summed E-state index contributed by atoms with van der Waals surface area (Å²) in [5.41, 5.74) is 1.61. The van der Waals surface area contributed by atoms with Crippen LogP contribution in [0.2, 0.25) is 0 Å². The first kappa shape index (κ1) is 18.2. The monoisotopic (exact) mass is 332 g/mol. The number of amides is 1. The smallest absolute Gasteiger partial charge is 0.224 e. The minimum atomic E-state index is -0.295. The van der Waals surface area contributed by atoms with Gasteiger partial charge in [-0.2, -0.15) is 0 Å². The first-order chi connectivity index (χ1) is 11.3. The Morgan fingerprint density at radius 3 is 2.50 bits per heavy atom. The molecule has 0 saturated carbocycles. The summed E-state index contributed by atoms with van der Waals surface area (Å²) >= 11 is 0. The Kier molecular flexibility index (Phi) is 5.75. The highest BCUT2D eigenvalue weighted by atomic mass is 19.1. The number of carbonyl (C=O) groups excluding carboxylic acids is 1. The fourth-order valence-corrected chi connectivity index (χ4v) is 2.31. The van der Waals surface area contributed by atoms with E-state index in [-0.39, 0.29) is 23.6 Å². The molecule has 2 aromatic rings. The Bertz CT molecular complexity index is 684. The first-order valence-corrected chi connectivity index (χ1v) is 8.23. The SMILES string of the molecule is Cc1nc(C(C)(C)C)oc1CCCNC(=O)Cc1ccc(F)cc1. The lowest BCUT2D eigenvalue weighted by atomic mass is 9.97. The third-order valence-electron chi connectivity index (χ3n) is 3.71. The van der Waals surface area contributed by atoms with Gasteiger partial charge in [-0.3, -0.25) is 4.79 Å². The lowest BCUT2D eigenvalue weighted by Gasteiger charge is -2.12. The van der Waals surface area contributed by atoms with Crippen LogP contribution in [0.5, 0.6) is 0 Å². The highest BCUT2D eigenvalue weighted by molar-refractivity contribution is 5.78. The van der Waals surface area contributed by atoms with Gasteiger partial charge in [0.2, 0.25) is 5.91 Å². The summed E-state index contributed by atoms with van der Waals surface area (Å²) in [4.78, 5) is 16.3.